The van der Waals surface area contributed by atoms with Crippen LogP contribution in [0.1, 0.15) is 28.8 Å². The number of amides is 1. The number of sulfonamides is 1. The highest BCUT2D eigenvalue weighted by molar-refractivity contribution is 7.89. The first-order chi connectivity index (χ1) is 15.0. The van der Waals surface area contributed by atoms with Gasteiger partial charge in [-0.1, -0.05) is 30.3 Å². The Labute approximate surface area is 184 Å². The van der Waals surface area contributed by atoms with Crippen molar-refractivity contribution < 1.29 is 17.9 Å². The monoisotopic (exact) mass is 443 g/mol. The second-order valence-corrected chi connectivity index (χ2v) is 9.83. The number of benzene rings is 2. The van der Waals surface area contributed by atoms with Gasteiger partial charge < -0.3 is 9.64 Å². The van der Waals surface area contributed by atoms with Crippen LogP contribution in [0.15, 0.2) is 59.5 Å². The molecule has 2 aliphatic rings. The molecule has 0 saturated carbocycles. The van der Waals surface area contributed by atoms with Crippen molar-refractivity contribution in [3.05, 3.63) is 65.7 Å². The molecule has 2 aromatic rings. The summed E-state index contributed by atoms with van der Waals surface area (Å²) in [6.45, 7) is 4.80. The lowest BCUT2D eigenvalue weighted by molar-refractivity contribution is 0.0628. The summed E-state index contributed by atoms with van der Waals surface area (Å²) < 4.78 is 33.0. The first-order valence-electron chi connectivity index (χ1n) is 10.8. The van der Waals surface area contributed by atoms with Crippen molar-refractivity contribution in [2.45, 2.75) is 30.4 Å². The van der Waals surface area contributed by atoms with Gasteiger partial charge in [0.15, 0.2) is 0 Å². The van der Waals surface area contributed by atoms with Crippen LogP contribution in [-0.4, -0.2) is 69.6 Å². The highest BCUT2D eigenvalue weighted by atomic mass is 32.2. The maximum Gasteiger partial charge on any atom is 0.253 e. The van der Waals surface area contributed by atoms with Gasteiger partial charge in [-0.2, -0.15) is 0 Å². The third-order valence-corrected chi connectivity index (χ3v) is 7.28. The molecule has 7 nitrogen and oxygen atoms in total. The molecule has 2 heterocycles. The quantitative estimate of drug-likeness (QED) is 0.709. The summed E-state index contributed by atoms with van der Waals surface area (Å²) in [7, 11) is -3.61. The van der Waals surface area contributed by atoms with Gasteiger partial charge in [-0.05, 0) is 42.7 Å². The summed E-state index contributed by atoms with van der Waals surface area (Å²) in [6, 6.07) is 16.5. The van der Waals surface area contributed by atoms with E-state index in [1.807, 2.05) is 23.1 Å². The first kappa shape index (κ1) is 22.0. The van der Waals surface area contributed by atoms with Gasteiger partial charge in [0.1, 0.15) is 0 Å². The van der Waals surface area contributed by atoms with Crippen molar-refractivity contribution in [2.75, 3.05) is 39.3 Å². The SMILES string of the molecule is O=C(c1ccc(S(=O)(=O)NCC2CCCO2)cc1)N1CCN(Cc2ccccc2)CC1. The topological polar surface area (TPSA) is 78.9 Å². The Hall–Kier alpha value is -2.26. The van der Waals surface area contributed by atoms with E-state index in [2.05, 4.69) is 21.8 Å². The lowest BCUT2D eigenvalue weighted by atomic mass is 10.1. The molecule has 8 heteroatoms. The number of nitrogens with one attached hydrogen (secondary N) is 1. The third-order valence-electron chi connectivity index (χ3n) is 5.85. The van der Waals surface area contributed by atoms with Gasteiger partial charge in [0.05, 0.1) is 11.0 Å². The summed E-state index contributed by atoms with van der Waals surface area (Å²) in [5, 5.41) is 0. The molecule has 1 amide bonds. The average molecular weight is 444 g/mol. The van der Waals surface area contributed by atoms with Crippen LogP contribution in [0.3, 0.4) is 0 Å². The van der Waals surface area contributed by atoms with Gasteiger partial charge in [-0.25, -0.2) is 13.1 Å². The molecule has 0 radical (unpaired) electrons. The molecule has 2 fully saturated rings. The molecule has 2 aliphatic heterocycles. The molecule has 166 valence electrons. The van der Waals surface area contributed by atoms with Crippen LogP contribution in [0.2, 0.25) is 0 Å². The van der Waals surface area contributed by atoms with E-state index in [0.29, 0.717) is 25.3 Å². The lowest BCUT2D eigenvalue weighted by Gasteiger charge is -2.34. The van der Waals surface area contributed by atoms with Gasteiger partial charge in [-0.15, -0.1) is 0 Å². The van der Waals surface area contributed by atoms with Crippen LogP contribution in [0.5, 0.6) is 0 Å². The lowest BCUT2D eigenvalue weighted by Crippen LogP contribution is -2.48. The predicted molar refractivity (Wildman–Crippen MR) is 118 cm³/mol. The molecule has 0 bridgehead atoms. The Morgan fingerprint density at radius 3 is 2.35 bits per heavy atom. The number of nitrogens with zero attached hydrogens (tertiary/aromatic N) is 2. The van der Waals surface area contributed by atoms with E-state index in [1.165, 1.54) is 17.7 Å². The Morgan fingerprint density at radius 1 is 1.00 bits per heavy atom. The van der Waals surface area contributed by atoms with Crippen LogP contribution in [0.25, 0.3) is 0 Å². The van der Waals surface area contributed by atoms with Gasteiger partial charge in [0, 0.05) is 51.4 Å². The van der Waals surface area contributed by atoms with Gasteiger partial charge in [-0.3, -0.25) is 9.69 Å². The van der Waals surface area contributed by atoms with E-state index < -0.39 is 10.0 Å². The Morgan fingerprint density at radius 2 is 1.71 bits per heavy atom. The zero-order valence-corrected chi connectivity index (χ0v) is 18.4. The summed E-state index contributed by atoms with van der Waals surface area (Å²) in [5.74, 6) is -0.0596. The van der Waals surface area contributed by atoms with Gasteiger partial charge in [0.25, 0.3) is 5.91 Å². The molecular formula is C23H29N3O4S. The minimum Gasteiger partial charge on any atom is -0.377 e. The fourth-order valence-corrected chi connectivity index (χ4v) is 5.07. The second kappa shape index (κ2) is 9.91. The van der Waals surface area contributed by atoms with E-state index in [4.69, 9.17) is 4.74 Å². The standard InChI is InChI=1S/C23H29N3O4S/c27-23(26-14-12-25(13-15-26)18-19-5-2-1-3-6-19)20-8-10-22(11-9-20)31(28,29)24-17-21-7-4-16-30-21/h1-3,5-6,8-11,21,24H,4,7,12-18H2. The van der Waals surface area contributed by atoms with Crippen molar-refractivity contribution >= 4 is 15.9 Å². The zero-order valence-electron chi connectivity index (χ0n) is 17.6. The van der Waals surface area contributed by atoms with Crippen LogP contribution < -0.4 is 4.72 Å². The van der Waals surface area contributed by atoms with E-state index in [0.717, 1.165) is 32.5 Å². The summed E-state index contributed by atoms with van der Waals surface area (Å²) in [4.78, 5) is 17.2. The first-order valence-corrected chi connectivity index (χ1v) is 12.3. The second-order valence-electron chi connectivity index (χ2n) is 8.07. The number of ether oxygens (including phenoxy) is 1. The fraction of sp³-hybridized carbons (Fsp3) is 0.435. The van der Waals surface area contributed by atoms with Crippen LogP contribution in [-0.2, 0) is 21.3 Å². The van der Waals surface area contributed by atoms with Crippen molar-refractivity contribution in [1.82, 2.24) is 14.5 Å². The number of hydrogen-bond donors (Lipinski definition) is 1. The maximum atomic E-state index is 12.9. The number of carbonyl (C=O) groups excluding carboxylic acids is 1. The normalized spacial score (nSPS) is 20.1. The molecule has 4 rings (SSSR count). The van der Waals surface area contributed by atoms with Crippen molar-refractivity contribution in [3.8, 4) is 0 Å². The van der Waals surface area contributed by atoms with Crippen LogP contribution >= 0.6 is 0 Å². The fourth-order valence-electron chi connectivity index (χ4n) is 4.00. The molecule has 0 aromatic heterocycles. The number of hydrogen-bond acceptors (Lipinski definition) is 5. The molecule has 31 heavy (non-hydrogen) atoms. The Balaban J connectivity index is 1.30. The third kappa shape index (κ3) is 5.71. The summed E-state index contributed by atoms with van der Waals surface area (Å²) in [6.07, 6.45) is 1.77. The minimum absolute atomic E-state index is 0.0591. The summed E-state index contributed by atoms with van der Waals surface area (Å²) >= 11 is 0. The molecule has 0 aliphatic carbocycles. The molecule has 2 saturated heterocycles. The van der Waals surface area contributed by atoms with Crippen molar-refractivity contribution in [3.63, 3.8) is 0 Å². The van der Waals surface area contributed by atoms with E-state index in [-0.39, 0.29) is 23.5 Å². The smallest absolute Gasteiger partial charge is 0.253 e. The molecule has 1 unspecified atom stereocenters. The van der Waals surface area contributed by atoms with E-state index in [9.17, 15) is 13.2 Å². The van der Waals surface area contributed by atoms with E-state index >= 15 is 0 Å². The summed E-state index contributed by atoms with van der Waals surface area (Å²) in [5.41, 5.74) is 1.78. The Bertz CT molecular complexity index is 966. The van der Waals surface area contributed by atoms with E-state index in [1.54, 1.807) is 12.1 Å². The number of rotatable bonds is 7. The zero-order chi connectivity index (χ0) is 21.7. The largest absolute Gasteiger partial charge is 0.377 e. The van der Waals surface area contributed by atoms with Gasteiger partial charge in [0.2, 0.25) is 10.0 Å². The number of carbonyl (C=O) groups is 1. The highest BCUT2D eigenvalue weighted by Crippen LogP contribution is 2.16. The molecule has 1 N–H and O–H groups in total. The maximum absolute atomic E-state index is 12.9. The predicted octanol–water partition coefficient (Wildman–Crippen LogP) is 2.10. The molecular weight excluding hydrogens is 414 g/mol. The molecule has 1 atom stereocenters. The average Bonchev–Trinajstić information content (AvgIpc) is 3.33. The molecule has 2 aromatic carbocycles. The Kier molecular flexibility index (Phi) is 7.02. The van der Waals surface area contributed by atoms with Crippen LogP contribution in [0, 0.1) is 0 Å². The molecule has 0 spiro atoms. The van der Waals surface area contributed by atoms with Crippen LogP contribution in [0.4, 0.5) is 0 Å². The minimum atomic E-state index is -3.61. The number of piperazine rings is 1. The highest BCUT2D eigenvalue weighted by Gasteiger charge is 2.24. The van der Waals surface area contributed by atoms with Crippen molar-refractivity contribution in [2.24, 2.45) is 0 Å². The van der Waals surface area contributed by atoms with Crippen molar-refractivity contribution in [1.29, 1.82) is 0 Å². The van der Waals surface area contributed by atoms with Gasteiger partial charge >= 0.3 is 0 Å².